The average Bonchev–Trinajstić information content (AvgIpc) is 2.46. The number of amides is 1. The molecule has 0 aliphatic carbocycles. The number of unbranched alkanes of at least 4 members (excludes halogenated alkanes) is 1. The first-order chi connectivity index (χ1) is 10.9. The zero-order valence-electron chi connectivity index (χ0n) is 14.9. The van der Waals surface area contributed by atoms with Crippen molar-refractivity contribution in [3.05, 3.63) is 36.5 Å². The Kier molecular flexibility index (Phi) is 12.7. The average molecular weight is 321 g/mol. The Balaban J connectivity index is 3.65. The molecule has 0 aliphatic heterocycles. The molecule has 4 nitrogen and oxygen atoms in total. The lowest BCUT2D eigenvalue weighted by atomic mass is 10.1. The third kappa shape index (κ3) is 16.4. The van der Waals surface area contributed by atoms with Crippen LogP contribution in [0.15, 0.2) is 36.5 Å². The molecule has 4 heteroatoms. The molecule has 0 heterocycles. The number of ether oxygens (including phenoxy) is 1. The standard InChI is InChI=1S/C19H31NO3/c1-16(2)14-19(22)23-13-11-9-7-5-6-8-10-12-18(21)20-15-17(3)4/h5,7,9-12,16-17H,6,8,13-15H2,1-4H3,(H,20,21)/b7-5+,11-9+,12-10+. The molecular formula is C19H31NO3. The van der Waals surface area contributed by atoms with E-state index in [0.29, 0.717) is 31.4 Å². The monoisotopic (exact) mass is 321 g/mol. The van der Waals surface area contributed by atoms with Gasteiger partial charge >= 0.3 is 5.97 Å². The zero-order valence-corrected chi connectivity index (χ0v) is 14.9. The second kappa shape index (κ2) is 13.8. The Hall–Kier alpha value is -1.84. The molecule has 0 aromatic heterocycles. The fourth-order valence-electron chi connectivity index (χ4n) is 1.59. The summed E-state index contributed by atoms with van der Waals surface area (Å²) in [6, 6.07) is 0. The van der Waals surface area contributed by atoms with E-state index in [2.05, 4.69) is 19.2 Å². The van der Waals surface area contributed by atoms with Crippen LogP contribution < -0.4 is 5.32 Å². The largest absolute Gasteiger partial charge is 0.461 e. The van der Waals surface area contributed by atoms with Crippen molar-refractivity contribution in [2.75, 3.05) is 13.2 Å². The lowest BCUT2D eigenvalue weighted by Gasteiger charge is -2.03. The summed E-state index contributed by atoms with van der Waals surface area (Å²) in [5.74, 6) is 0.596. The molecule has 1 N–H and O–H groups in total. The van der Waals surface area contributed by atoms with Crippen LogP contribution in [0.4, 0.5) is 0 Å². The van der Waals surface area contributed by atoms with Gasteiger partial charge in [-0.05, 0) is 36.8 Å². The number of carbonyl (C=O) groups excluding carboxylic acids is 2. The summed E-state index contributed by atoms with van der Waals surface area (Å²) in [5, 5.41) is 2.83. The first kappa shape index (κ1) is 21.2. The van der Waals surface area contributed by atoms with Gasteiger partial charge in [0, 0.05) is 13.0 Å². The van der Waals surface area contributed by atoms with Crippen molar-refractivity contribution < 1.29 is 14.3 Å². The van der Waals surface area contributed by atoms with E-state index in [4.69, 9.17) is 4.74 Å². The third-order valence-electron chi connectivity index (χ3n) is 2.75. The van der Waals surface area contributed by atoms with Crippen LogP contribution >= 0.6 is 0 Å². The minimum absolute atomic E-state index is 0.0363. The van der Waals surface area contributed by atoms with E-state index in [-0.39, 0.29) is 11.9 Å². The number of esters is 1. The molecule has 0 aromatic rings. The van der Waals surface area contributed by atoms with Crippen molar-refractivity contribution in [1.29, 1.82) is 0 Å². The summed E-state index contributed by atoms with van der Waals surface area (Å²) in [6.07, 6.45) is 13.2. The van der Waals surface area contributed by atoms with Gasteiger partial charge in [0.05, 0.1) is 0 Å². The number of hydrogen-bond acceptors (Lipinski definition) is 3. The van der Waals surface area contributed by atoms with Crippen molar-refractivity contribution in [3.8, 4) is 0 Å². The quantitative estimate of drug-likeness (QED) is 0.272. The van der Waals surface area contributed by atoms with Gasteiger partial charge in [0.25, 0.3) is 0 Å². The molecule has 23 heavy (non-hydrogen) atoms. The minimum Gasteiger partial charge on any atom is -0.461 e. The van der Waals surface area contributed by atoms with E-state index in [9.17, 15) is 9.59 Å². The molecule has 0 saturated carbocycles. The molecule has 0 fully saturated rings. The first-order valence-electron chi connectivity index (χ1n) is 8.33. The molecule has 0 rings (SSSR count). The highest BCUT2D eigenvalue weighted by molar-refractivity contribution is 5.87. The van der Waals surface area contributed by atoms with Crippen molar-refractivity contribution in [1.82, 2.24) is 5.32 Å². The maximum absolute atomic E-state index is 11.4. The predicted molar refractivity (Wildman–Crippen MR) is 94.9 cm³/mol. The second-order valence-corrected chi connectivity index (χ2v) is 6.26. The van der Waals surface area contributed by atoms with Gasteiger partial charge in [-0.2, -0.15) is 0 Å². The Morgan fingerprint density at radius 2 is 1.61 bits per heavy atom. The third-order valence-corrected chi connectivity index (χ3v) is 2.75. The summed E-state index contributed by atoms with van der Waals surface area (Å²) in [5.41, 5.74) is 0. The smallest absolute Gasteiger partial charge is 0.306 e. The van der Waals surface area contributed by atoms with E-state index in [1.54, 1.807) is 6.08 Å². The number of rotatable bonds is 11. The van der Waals surface area contributed by atoms with Gasteiger partial charge < -0.3 is 10.1 Å². The molecule has 0 aromatic carbocycles. The summed E-state index contributed by atoms with van der Waals surface area (Å²) in [4.78, 5) is 22.7. The van der Waals surface area contributed by atoms with Crippen LogP contribution in [-0.4, -0.2) is 25.0 Å². The second-order valence-electron chi connectivity index (χ2n) is 6.26. The fourth-order valence-corrected chi connectivity index (χ4v) is 1.59. The van der Waals surface area contributed by atoms with E-state index in [1.807, 2.05) is 44.2 Å². The maximum Gasteiger partial charge on any atom is 0.306 e. The zero-order chi connectivity index (χ0) is 17.5. The van der Waals surface area contributed by atoms with Gasteiger partial charge in [-0.15, -0.1) is 0 Å². The normalized spacial score (nSPS) is 12.1. The fraction of sp³-hybridized carbons (Fsp3) is 0.579. The Labute approximate surface area is 140 Å². The van der Waals surface area contributed by atoms with Crippen LogP contribution in [0.25, 0.3) is 0 Å². The molecule has 0 spiro atoms. The van der Waals surface area contributed by atoms with Gasteiger partial charge in [-0.1, -0.05) is 52.0 Å². The summed E-state index contributed by atoms with van der Waals surface area (Å²) >= 11 is 0. The van der Waals surface area contributed by atoms with Gasteiger partial charge in [-0.25, -0.2) is 0 Å². The lowest BCUT2D eigenvalue weighted by Crippen LogP contribution is -2.25. The van der Waals surface area contributed by atoms with Crippen molar-refractivity contribution in [2.45, 2.75) is 47.0 Å². The molecule has 0 bridgehead atoms. The summed E-state index contributed by atoms with van der Waals surface area (Å²) in [6.45, 7) is 9.12. The van der Waals surface area contributed by atoms with Crippen LogP contribution in [0, 0.1) is 11.8 Å². The maximum atomic E-state index is 11.4. The number of nitrogens with one attached hydrogen (secondary N) is 1. The molecule has 0 radical (unpaired) electrons. The topological polar surface area (TPSA) is 55.4 Å². The van der Waals surface area contributed by atoms with Gasteiger partial charge in [0.1, 0.15) is 6.61 Å². The van der Waals surface area contributed by atoms with Crippen LogP contribution in [0.3, 0.4) is 0 Å². The lowest BCUT2D eigenvalue weighted by molar-refractivity contribution is -0.143. The molecule has 0 saturated heterocycles. The van der Waals surface area contributed by atoms with E-state index in [1.165, 1.54) is 0 Å². The first-order valence-corrected chi connectivity index (χ1v) is 8.33. The number of hydrogen-bond donors (Lipinski definition) is 1. The molecule has 0 unspecified atom stereocenters. The highest BCUT2D eigenvalue weighted by atomic mass is 16.5. The van der Waals surface area contributed by atoms with Crippen LogP contribution in [0.5, 0.6) is 0 Å². The highest BCUT2D eigenvalue weighted by Gasteiger charge is 2.03. The Morgan fingerprint density at radius 1 is 0.957 bits per heavy atom. The molecular weight excluding hydrogens is 290 g/mol. The SMILES string of the molecule is CC(C)CNC(=O)/C=C/CC/C=C/C=C/COC(=O)CC(C)C. The summed E-state index contributed by atoms with van der Waals surface area (Å²) < 4.78 is 5.05. The minimum atomic E-state index is -0.158. The molecule has 130 valence electrons. The van der Waals surface area contributed by atoms with Crippen LogP contribution in [0.1, 0.15) is 47.0 Å². The van der Waals surface area contributed by atoms with Crippen LogP contribution in [-0.2, 0) is 14.3 Å². The highest BCUT2D eigenvalue weighted by Crippen LogP contribution is 2.00. The summed E-state index contributed by atoms with van der Waals surface area (Å²) in [7, 11) is 0. The molecule has 0 aliphatic rings. The number of allylic oxidation sites excluding steroid dienone is 4. The van der Waals surface area contributed by atoms with Crippen molar-refractivity contribution >= 4 is 11.9 Å². The van der Waals surface area contributed by atoms with E-state index in [0.717, 1.165) is 12.8 Å². The van der Waals surface area contributed by atoms with Crippen molar-refractivity contribution in [2.24, 2.45) is 11.8 Å². The Morgan fingerprint density at radius 3 is 2.26 bits per heavy atom. The number of carbonyl (C=O) groups is 2. The molecule has 0 atom stereocenters. The van der Waals surface area contributed by atoms with Gasteiger partial charge in [0.2, 0.25) is 5.91 Å². The van der Waals surface area contributed by atoms with E-state index < -0.39 is 0 Å². The van der Waals surface area contributed by atoms with Gasteiger partial charge in [-0.3, -0.25) is 9.59 Å². The Bertz CT molecular complexity index is 420. The van der Waals surface area contributed by atoms with Gasteiger partial charge in [0.15, 0.2) is 0 Å². The predicted octanol–water partition coefficient (Wildman–Crippen LogP) is 3.80. The molecule has 1 amide bonds. The van der Waals surface area contributed by atoms with Crippen LogP contribution in [0.2, 0.25) is 0 Å². The van der Waals surface area contributed by atoms with Crippen molar-refractivity contribution in [3.63, 3.8) is 0 Å². The van der Waals surface area contributed by atoms with E-state index >= 15 is 0 Å².